The van der Waals surface area contributed by atoms with Gasteiger partial charge in [0.1, 0.15) is 5.76 Å². The summed E-state index contributed by atoms with van der Waals surface area (Å²) in [5, 5.41) is 27.4. The number of carboxylic acids is 1. The van der Waals surface area contributed by atoms with Gasteiger partial charge in [0.05, 0.1) is 6.10 Å². The second kappa shape index (κ2) is 4.61. The number of aliphatic hydroxyl groups excluding tert-OH is 2. The molecule has 1 aliphatic rings. The molecular weight excluding hydrogens is 204 g/mol. The Morgan fingerprint density at radius 1 is 1.60 bits per heavy atom. The number of carboxylic acid groups (broad SMARTS) is 1. The number of ether oxygens (including phenoxy) is 2. The van der Waals surface area contributed by atoms with Crippen LogP contribution in [0, 0.1) is 0 Å². The summed E-state index contributed by atoms with van der Waals surface area (Å²) in [6, 6.07) is 0. The number of hydrogen-bond acceptors (Lipinski definition) is 5. The smallest absolute Gasteiger partial charge is 0.337 e. The van der Waals surface area contributed by atoms with Gasteiger partial charge in [0, 0.05) is 0 Å². The maximum absolute atomic E-state index is 10.6. The first kappa shape index (κ1) is 12.0. The molecule has 3 atom stereocenters. The molecule has 0 aromatic rings. The average molecular weight is 218 g/mol. The molecule has 0 bridgehead atoms. The van der Waals surface area contributed by atoms with E-state index in [4.69, 9.17) is 14.6 Å². The molecule has 0 aromatic heterocycles. The Labute approximate surface area is 86.7 Å². The minimum Gasteiger partial charge on any atom is -0.510 e. The first-order valence-electron chi connectivity index (χ1n) is 4.54. The lowest BCUT2D eigenvalue weighted by Gasteiger charge is -2.30. The number of aliphatic carboxylic acids is 1. The first-order chi connectivity index (χ1) is 6.91. The molecule has 0 fully saturated rings. The predicted octanol–water partition coefficient (Wildman–Crippen LogP) is 0.0237. The van der Waals surface area contributed by atoms with Crippen LogP contribution < -0.4 is 0 Å². The van der Waals surface area contributed by atoms with Gasteiger partial charge >= 0.3 is 5.97 Å². The van der Waals surface area contributed by atoms with Crippen molar-refractivity contribution in [3.05, 3.63) is 11.8 Å². The van der Waals surface area contributed by atoms with Crippen LogP contribution >= 0.6 is 0 Å². The SMILES string of the molecule is CC(C)O[C@@H]1OC(C(=O)O)C=C(O)[C@@H]1O. The molecular formula is C9H14O6. The van der Waals surface area contributed by atoms with Gasteiger partial charge in [0.2, 0.25) is 0 Å². The van der Waals surface area contributed by atoms with Gasteiger partial charge in [-0.3, -0.25) is 0 Å². The van der Waals surface area contributed by atoms with E-state index < -0.39 is 30.2 Å². The van der Waals surface area contributed by atoms with Crippen LogP contribution in [0.5, 0.6) is 0 Å². The lowest BCUT2D eigenvalue weighted by Crippen LogP contribution is -2.44. The third-order valence-electron chi connectivity index (χ3n) is 1.81. The third kappa shape index (κ3) is 2.92. The standard InChI is InChI=1S/C9H14O6/c1-4(2)14-9-7(11)5(10)3-6(15-9)8(12)13/h3-4,6-7,9-11H,1-2H3,(H,12,13)/t6?,7-,9+/m0/s1. The van der Waals surface area contributed by atoms with Crippen LogP contribution in [0.2, 0.25) is 0 Å². The summed E-state index contributed by atoms with van der Waals surface area (Å²) in [6.07, 6.45) is -3.10. The molecule has 3 N–H and O–H groups in total. The summed E-state index contributed by atoms with van der Waals surface area (Å²) < 4.78 is 10.1. The molecule has 0 aliphatic carbocycles. The topological polar surface area (TPSA) is 96.2 Å². The number of carbonyl (C=O) groups is 1. The molecule has 0 saturated carbocycles. The van der Waals surface area contributed by atoms with Crippen molar-refractivity contribution in [1.82, 2.24) is 0 Å². The van der Waals surface area contributed by atoms with E-state index in [9.17, 15) is 15.0 Å². The second-order valence-corrected chi connectivity index (χ2v) is 3.48. The van der Waals surface area contributed by atoms with Crippen LogP contribution in [0.4, 0.5) is 0 Å². The normalized spacial score (nSPS) is 31.5. The number of aliphatic hydroxyl groups is 2. The summed E-state index contributed by atoms with van der Waals surface area (Å²) in [5.74, 6) is -1.69. The van der Waals surface area contributed by atoms with Crippen molar-refractivity contribution in [3.8, 4) is 0 Å². The molecule has 1 unspecified atom stereocenters. The monoisotopic (exact) mass is 218 g/mol. The van der Waals surface area contributed by atoms with E-state index in [1.54, 1.807) is 13.8 Å². The molecule has 6 heteroatoms. The largest absolute Gasteiger partial charge is 0.510 e. The van der Waals surface area contributed by atoms with E-state index in [-0.39, 0.29) is 6.10 Å². The Morgan fingerprint density at radius 3 is 2.67 bits per heavy atom. The molecule has 0 spiro atoms. The van der Waals surface area contributed by atoms with E-state index in [1.807, 2.05) is 0 Å². The highest BCUT2D eigenvalue weighted by molar-refractivity contribution is 5.75. The van der Waals surface area contributed by atoms with Gasteiger partial charge in [-0.25, -0.2) is 4.79 Å². The Bertz CT molecular complexity index is 272. The van der Waals surface area contributed by atoms with Crippen molar-refractivity contribution in [2.45, 2.75) is 38.4 Å². The molecule has 1 rings (SSSR count). The predicted molar refractivity (Wildman–Crippen MR) is 49.2 cm³/mol. The molecule has 0 aromatic carbocycles. The van der Waals surface area contributed by atoms with Gasteiger partial charge in [0.15, 0.2) is 18.5 Å². The zero-order valence-corrected chi connectivity index (χ0v) is 8.45. The molecule has 0 amide bonds. The fourth-order valence-corrected chi connectivity index (χ4v) is 1.16. The molecule has 0 saturated heterocycles. The Balaban J connectivity index is 2.76. The van der Waals surface area contributed by atoms with Crippen molar-refractivity contribution in [1.29, 1.82) is 0 Å². The summed E-state index contributed by atoms with van der Waals surface area (Å²) in [4.78, 5) is 10.6. The maximum Gasteiger partial charge on any atom is 0.337 e. The molecule has 86 valence electrons. The second-order valence-electron chi connectivity index (χ2n) is 3.48. The van der Waals surface area contributed by atoms with Gasteiger partial charge in [-0.2, -0.15) is 0 Å². The molecule has 0 radical (unpaired) electrons. The lowest BCUT2D eigenvalue weighted by molar-refractivity contribution is -0.231. The minimum absolute atomic E-state index is 0.245. The van der Waals surface area contributed by atoms with Gasteiger partial charge < -0.3 is 24.8 Å². The van der Waals surface area contributed by atoms with Crippen molar-refractivity contribution < 1.29 is 29.6 Å². The van der Waals surface area contributed by atoms with Gasteiger partial charge in [-0.05, 0) is 19.9 Å². The zero-order valence-electron chi connectivity index (χ0n) is 8.45. The van der Waals surface area contributed by atoms with Crippen molar-refractivity contribution in [3.63, 3.8) is 0 Å². The van der Waals surface area contributed by atoms with E-state index >= 15 is 0 Å². The minimum atomic E-state index is -1.34. The quantitative estimate of drug-likeness (QED) is 0.618. The van der Waals surface area contributed by atoms with Crippen molar-refractivity contribution in [2.75, 3.05) is 0 Å². The van der Waals surface area contributed by atoms with Crippen molar-refractivity contribution >= 4 is 5.97 Å². The fourth-order valence-electron chi connectivity index (χ4n) is 1.16. The highest BCUT2D eigenvalue weighted by Gasteiger charge is 2.35. The Morgan fingerprint density at radius 2 is 2.20 bits per heavy atom. The molecule has 1 heterocycles. The van der Waals surface area contributed by atoms with Crippen LogP contribution in [-0.4, -0.2) is 45.9 Å². The van der Waals surface area contributed by atoms with E-state index in [1.165, 1.54) is 0 Å². The van der Waals surface area contributed by atoms with Crippen LogP contribution in [0.3, 0.4) is 0 Å². The van der Waals surface area contributed by atoms with Crippen LogP contribution in [0.15, 0.2) is 11.8 Å². The third-order valence-corrected chi connectivity index (χ3v) is 1.81. The highest BCUT2D eigenvalue weighted by atomic mass is 16.7. The molecule has 15 heavy (non-hydrogen) atoms. The van der Waals surface area contributed by atoms with Crippen molar-refractivity contribution in [2.24, 2.45) is 0 Å². The summed E-state index contributed by atoms with van der Waals surface area (Å²) >= 11 is 0. The van der Waals surface area contributed by atoms with E-state index in [0.717, 1.165) is 6.08 Å². The first-order valence-corrected chi connectivity index (χ1v) is 4.54. The van der Waals surface area contributed by atoms with Crippen LogP contribution in [0.25, 0.3) is 0 Å². The highest BCUT2D eigenvalue weighted by Crippen LogP contribution is 2.20. The van der Waals surface area contributed by atoms with Crippen LogP contribution in [0.1, 0.15) is 13.8 Å². The average Bonchev–Trinajstić information content (AvgIpc) is 2.11. The van der Waals surface area contributed by atoms with Gasteiger partial charge in [-0.1, -0.05) is 0 Å². The van der Waals surface area contributed by atoms with Gasteiger partial charge in [0.25, 0.3) is 0 Å². The summed E-state index contributed by atoms with van der Waals surface area (Å²) in [5.41, 5.74) is 0. The molecule has 1 aliphatic heterocycles. The lowest BCUT2D eigenvalue weighted by atomic mass is 10.1. The van der Waals surface area contributed by atoms with Gasteiger partial charge in [-0.15, -0.1) is 0 Å². The summed E-state index contributed by atoms with van der Waals surface area (Å²) in [7, 11) is 0. The van der Waals surface area contributed by atoms with E-state index in [2.05, 4.69) is 0 Å². The number of rotatable bonds is 3. The van der Waals surface area contributed by atoms with E-state index in [0.29, 0.717) is 0 Å². The Kier molecular flexibility index (Phi) is 3.67. The number of hydrogen-bond donors (Lipinski definition) is 3. The fraction of sp³-hybridized carbons (Fsp3) is 0.667. The molecule has 6 nitrogen and oxygen atoms in total. The zero-order chi connectivity index (χ0) is 11.6. The summed E-state index contributed by atoms with van der Waals surface area (Å²) in [6.45, 7) is 3.42. The maximum atomic E-state index is 10.6. The Hall–Kier alpha value is -1.11. The van der Waals surface area contributed by atoms with Crippen LogP contribution in [-0.2, 0) is 14.3 Å².